The van der Waals surface area contributed by atoms with Crippen molar-refractivity contribution >= 4 is 55.4 Å². The normalized spacial score (nSPS) is 18.6. The molecule has 2 aromatic rings. The monoisotopic (exact) mass is 568 g/mol. The Labute approximate surface area is 209 Å². The van der Waals surface area contributed by atoms with Crippen molar-refractivity contribution in [2.24, 2.45) is 0 Å². The highest BCUT2D eigenvalue weighted by Crippen LogP contribution is 2.47. The molecule has 2 aliphatic rings. The summed E-state index contributed by atoms with van der Waals surface area (Å²) in [4.78, 5) is 2.99. The van der Waals surface area contributed by atoms with E-state index in [-0.39, 0.29) is 0 Å². The third-order valence-corrected chi connectivity index (χ3v) is 10.3. The fourth-order valence-corrected chi connectivity index (χ4v) is 8.42. The van der Waals surface area contributed by atoms with Crippen molar-refractivity contribution in [2.45, 2.75) is 87.3 Å². The minimum atomic E-state index is 0.343. The Kier molecular flexibility index (Phi) is 8.54. The van der Waals surface area contributed by atoms with Gasteiger partial charge in [0.1, 0.15) is 0 Å². The Morgan fingerprint density at radius 3 is 2.17 bits per heavy atom. The van der Waals surface area contributed by atoms with Crippen LogP contribution in [0.3, 0.4) is 0 Å². The van der Waals surface area contributed by atoms with Crippen LogP contribution in [0.1, 0.15) is 77.0 Å². The molecule has 4 heteroatoms. The number of rotatable bonds is 3. The molecule has 0 saturated heterocycles. The maximum Gasteiger partial charge on any atom is 0.0210 e. The minimum absolute atomic E-state index is 0.343. The molecule has 0 fully saturated rings. The number of benzene rings is 2. The Morgan fingerprint density at radius 2 is 1.50 bits per heavy atom. The standard InChI is InChI=1S/2C13H17BrS/c1-4-9-7-12-10(8-11(9)14)13(2,3)5-6-15-12;1-3-13(4-2)7-8-15-12-6-5-10(14)9-11(12)13/h7-8H,4-6H2,1-3H3;5-6,9H,3-4,7-8H2,1-2H3. The van der Waals surface area contributed by atoms with Crippen LogP contribution < -0.4 is 0 Å². The lowest BCUT2D eigenvalue weighted by atomic mass is 9.73. The van der Waals surface area contributed by atoms with Gasteiger partial charge in [0.15, 0.2) is 0 Å². The van der Waals surface area contributed by atoms with E-state index in [2.05, 4.69) is 96.8 Å². The number of thioether (sulfide) groups is 2. The van der Waals surface area contributed by atoms with Gasteiger partial charge in [-0.15, -0.1) is 23.5 Å². The molecule has 0 aliphatic carbocycles. The smallest absolute Gasteiger partial charge is 0.0210 e. The number of halogens is 2. The van der Waals surface area contributed by atoms with Crippen molar-refractivity contribution in [1.29, 1.82) is 0 Å². The lowest BCUT2D eigenvalue weighted by Gasteiger charge is -2.37. The SMILES string of the molecule is CCC1(CC)CCSc2ccc(Br)cc21.CCc1cc2c(cc1Br)C(C)(C)CCS2. The molecule has 2 heterocycles. The van der Waals surface area contributed by atoms with Crippen LogP contribution in [0.5, 0.6) is 0 Å². The van der Waals surface area contributed by atoms with Gasteiger partial charge in [0.2, 0.25) is 0 Å². The molecule has 0 amide bonds. The van der Waals surface area contributed by atoms with Crippen molar-refractivity contribution in [2.75, 3.05) is 11.5 Å². The van der Waals surface area contributed by atoms with E-state index >= 15 is 0 Å². The van der Waals surface area contributed by atoms with E-state index in [4.69, 9.17) is 0 Å². The van der Waals surface area contributed by atoms with Crippen molar-refractivity contribution in [3.63, 3.8) is 0 Å². The van der Waals surface area contributed by atoms with Crippen LogP contribution in [0.25, 0.3) is 0 Å². The van der Waals surface area contributed by atoms with Gasteiger partial charge in [-0.3, -0.25) is 0 Å². The van der Waals surface area contributed by atoms with Crippen molar-refractivity contribution < 1.29 is 0 Å². The molecule has 0 N–H and O–H groups in total. The van der Waals surface area contributed by atoms with Crippen LogP contribution in [0.4, 0.5) is 0 Å². The molecule has 164 valence electrons. The lowest BCUT2D eigenvalue weighted by Crippen LogP contribution is -2.28. The van der Waals surface area contributed by atoms with E-state index in [1.807, 2.05) is 23.5 Å². The van der Waals surface area contributed by atoms with E-state index in [0.717, 1.165) is 6.42 Å². The molecule has 4 rings (SSSR count). The second-order valence-electron chi connectivity index (χ2n) is 9.00. The molecule has 0 spiro atoms. The predicted octanol–water partition coefficient (Wildman–Crippen LogP) is 9.79. The first kappa shape index (κ1) is 24.7. The molecule has 0 saturated carbocycles. The number of aryl methyl sites for hydroxylation is 1. The molecule has 2 aliphatic heterocycles. The Hall–Kier alpha value is 0.1000. The maximum atomic E-state index is 3.68. The molecule has 30 heavy (non-hydrogen) atoms. The Balaban J connectivity index is 0.000000171. The molecule has 0 atom stereocenters. The Bertz CT molecular complexity index is 885. The molecule has 0 bridgehead atoms. The molecule has 0 radical (unpaired) electrons. The predicted molar refractivity (Wildman–Crippen MR) is 144 cm³/mol. The van der Waals surface area contributed by atoms with Crippen LogP contribution in [-0.2, 0) is 17.3 Å². The van der Waals surface area contributed by atoms with Crippen LogP contribution in [-0.4, -0.2) is 11.5 Å². The van der Waals surface area contributed by atoms with Crippen LogP contribution in [0.15, 0.2) is 49.1 Å². The summed E-state index contributed by atoms with van der Waals surface area (Å²) in [5.74, 6) is 2.53. The highest BCUT2D eigenvalue weighted by molar-refractivity contribution is 9.10. The van der Waals surface area contributed by atoms with E-state index in [0.29, 0.717) is 10.8 Å². The molecular weight excluding hydrogens is 536 g/mol. The summed E-state index contributed by atoms with van der Waals surface area (Å²) in [5.41, 5.74) is 5.29. The van der Waals surface area contributed by atoms with Gasteiger partial charge in [-0.25, -0.2) is 0 Å². The summed E-state index contributed by atoms with van der Waals surface area (Å²) >= 11 is 11.3. The summed E-state index contributed by atoms with van der Waals surface area (Å²) in [6, 6.07) is 11.5. The summed E-state index contributed by atoms with van der Waals surface area (Å²) in [6.07, 6.45) is 6.23. The highest BCUT2D eigenvalue weighted by atomic mass is 79.9. The lowest BCUT2D eigenvalue weighted by molar-refractivity contribution is 0.373. The summed E-state index contributed by atoms with van der Waals surface area (Å²) in [6.45, 7) is 11.6. The average molecular weight is 571 g/mol. The Morgan fingerprint density at radius 1 is 0.833 bits per heavy atom. The van der Waals surface area contributed by atoms with Gasteiger partial charge < -0.3 is 0 Å². The first-order valence-electron chi connectivity index (χ1n) is 11.1. The van der Waals surface area contributed by atoms with Crippen LogP contribution in [0.2, 0.25) is 0 Å². The van der Waals surface area contributed by atoms with Gasteiger partial charge in [-0.2, -0.15) is 0 Å². The second-order valence-corrected chi connectivity index (χ2v) is 13.0. The maximum absolute atomic E-state index is 3.68. The zero-order valence-electron chi connectivity index (χ0n) is 18.9. The topological polar surface area (TPSA) is 0 Å². The molecular formula is C26H34Br2S2. The zero-order chi connectivity index (χ0) is 21.9. The second kappa shape index (κ2) is 10.4. The fraction of sp³-hybridized carbons (Fsp3) is 0.538. The van der Waals surface area contributed by atoms with Gasteiger partial charge >= 0.3 is 0 Å². The van der Waals surface area contributed by atoms with Crippen LogP contribution in [0, 0.1) is 0 Å². The molecule has 0 unspecified atom stereocenters. The van der Waals surface area contributed by atoms with Crippen molar-refractivity contribution in [1.82, 2.24) is 0 Å². The molecule has 0 aromatic heterocycles. The van der Waals surface area contributed by atoms with Gasteiger partial charge in [0.05, 0.1) is 0 Å². The first-order chi connectivity index (χ1) is 14.3. The summed E-state index contributed by atoms with van der Waals surface area (Å²) < 4.78 is 2.49. The average Bonchev–Trinajstić information content (AvgIpc) is 2.74. The van der Waals surface area contributed by atoms with E-state index in [1.165, 1.54) is 67.1 Å². The summed E-state index contributed by atoms with van der Waals surface area (Å²) in [7, 11) is 0. The van der Waals surface area contributed by atoms with Crippen molar-refractivity contribution in [3.8, 4) is 0 Å². The molecule has 2 aromatic carbocycles. The number of fused-ring (bicyclic) bond motifs is 2. The highest BCUT2D eigenvalue weighted by Gasteiger charge is 2.33. The first-order valence-corrected chi connectivity index (χ1v) is 14.7. The van der Waals surface area contributed by atoms with Crippen LogP contribution >= 0.6 is 55.4 Å². The number of hydrogen-bond acceptors (Lipinski definition) is 2. The van der Waals surface area contributed by atoms with Crippen molar-refractivity contribution in [3.05, 3.63) is 56.0 Å². The number of hydrogen-bond donors (Lipinski definition) is 0. The minimum Gasteiger partial charge on any atom is -0.126 e. The third kappa shape index (κ3) is 5.18. The third-order valence-electron chi connectivity index (χ3n) is 6.95. The van der Waals surface area contributed by atoms with Gasteiger partial charge in [0.25, 0.3) is 0 Å². The largest absolute Gasteiger partial charge is 0.126 e. The quantitative estimate of drug-likeness (QED) is 0.360. The van der Waals surface area contributed by atoms with E-state index < -0.39 is 0 Å². The fourth-order valence-electron chi connectivity index (χ4n) is 4.58. The zero-order valence-corrected chi connectivity index (χ0v) is 23.7. The van der Waals surface area contributed by atoms with Gasteiger partial charge in [-0.1, -0.05) is 66.5 Å². The van der Waals surface area contributed by atoms with E-state index in [1.54, 1.807) is 5.56 Å². The van der Waals surface area contributed by atoms with Gasteiger partial charge in [-0.05, 0) is 101 Å². The summed E-state index contributed by atoms with van der Waals surface area (Å²) in [5, 5.41) is 0. The molecule has 0 nitrogen and oxygen atoms in total. The van der Waals surface area contributed by atoms with E-state index in [9.17, 15) is 0 Å². The van der Waals surface area contributed by atoms with Gasteiger partial charge in [0, 0.05) is 18.7 Å².